The molecule has 0 aromatic heterocycles. The first kappa shape index (κ1) is 20.1. The zero-order valence-corrected chi connectivity index (χ0v) is 13.0. The number of aliphatic imine (C=N–C) groups is 1. The van der Waals surface area contributed by atoms with Crippen molar-refractivity contribution >= 4 is 29.9 Å². The Morgan fingerprint density at radius 3 is 2.39 bits per heavy atom. The number of hydrogen-bond acceptors (Lipinski definition) is 2. The molecule has 0 spiro atoms. The lowest BCUT2D eigenvalue weighted by Gasteiger charge is -2.11. The van der Waals surface area contributed by atoms with E-state index >= 15 is 0 Å². The molecular formula is C10H21F3IN3O. The van der Waals surface area contributed by atoms with Gasteiger partial charge in [-0.15, -0.1) is 24.0 Å². The predicted molar refractivity (Wildman–Crippen MR) is 76.6 cm³/mol. The summed E-state index contributed by atoms with van der Waals surface area (Å²) in [5, 5.41) is 5.75. The number of nitrogens with one attached hydrogen (secondary N) is 2. The molecule has 110 valence electrons. The molecule has 0 heterocycles. The van der Waals surface area contributed by atoms with E-state index in [4.69, 9.17) is 4.74 Å². The van der Waals surface area contributed by atoms with Gasteiger partial charge in [-0.1, -0.05) is 0 Å². The minimum atomic E-state index is -4.16. The molecule has 0 rings (SSSR count). The van der Waals surface area contributed by atoms with Gasteiger partial charge in [0.15, 0.2) is 5.96 Å². The van der Waals surface area contributed by atoms with Crippen LogP contribution in [0.25, 0.3) is 0 Å². The normalized spacial score (nSPS) is 11.9. The minimum absolute atomic E-state index is 0. The van der Waals surface area contributed by atoms with Crippen LogP contribution in [-0.2, 0) is 4.74 Å². The Bertz CT molecular complexity index is 225. The molecule has 0 atom stereocenters. The number of halogens is 4. The van der Waals surface area contributed by atoms with Gasteiger partial charge in [0, 0.05) is 19.7 Å². The van der Waals surface area contributed by atoms with Crippen LogP contribution in [0.5, 0.6) is 0 Å². The van der Waals surface area contributed by atoms with Crippen molar-refractivity contribution in [3.8, 4) is 0 Å². The molecule has 0 saturated heterocycles. The van der Waals surface area contributed by atoms with E-state index in [9.17, 15) is 13.2 Å². The van der Waals surface area contributed by atoms with Crippen molar-refractivity contribution in [2.45, 2.75) is 26.4 Å². The highest BCUT2D eigenvalue weighted by Gasteiger charge is 2.26. The van der Waals surface area contributed by atoms with Crippen molar-refractivity contribution in [1.82, 2.24) is 10.6 Å². The van der Waals surface area contributed by atoms with Crippen molar-refractivity contribution < 1.29 is 17.9 Å². The summed E-state index contributed by atoms with van der Waals surface area (Å²) in [6.45, 7) is 5.70. The standard InChI is InChI=1S/C10H20F3N3O.HI/c1-3-14-9(16-7-8-17-4-2)15-6-5-10(11,12)13;/h3-8H2,1-2H3,(H2,14,15,16);1H. The maximum atomic E-state index is 11.9. The molecule has 0 bridgehead atoms. The molecule has 8 heteroatoms. The van der Waals surface area contributed by atoms with E-state index in [0.717, 1.165) is 0 Å². The van der Waals surface area contributed by atoms with E-state index in [0.29, 0.717) is 32.3 Å². The summed E-state index contributed by atoms with van der Waals surface area (Å²) in [5.74, 6) is 0.386. The number of alkyl halides is 3. The van der Waals surface area contributed by atoms with Crippen LogP contribution in [0.15, 0.2) is 4.99 Å². The van der Waals surface area contributed by atoms with E-state index in [1.807, 2.05) is 13.8 Å². The first-order valence-corrected chi connectivity index (χ1v) is 5.66. The van der Waals surface area contributed by atoms with Gasteiger partial charge in [0.2, 0.25) is 0 Å². The van der Waals surface area contributed by atoms with E-state index in [-0.39, 0.29) is 30.5 Å². The topological polar surface area (TPSA) is 45.7 Å². The number of nitrogens with zero attached hydrogens (tertiary/aromatic N) is 1. The summed E-state index contributed by atoms with van der Waals surface area (Å²) in [7, 11) is 0. The van der Waals surface area contributed by atoms with Gasteiger partial charge < -0.3 is 15.4 Å². The van der Waals surface area contributed by atoms with Crippen LogP contribution >= 0.6 is 24.0 Å². The largest absolute Gasteiger partial charge is 0.390 e. The number of ether oxygens (including phenoxy) is 1. The third kappa shape index (κ3) is 13.8. The molecule has 18 heavy (non-hydrogen) atoms. The maximum absolute atomic E-state index is 11.9. The Morgan fingerprint density at radius 2 is 1.89 bits per heavy atom. The summed E-state index contributed by atoms with van der Waals surface area (Å²) in [6, 6.07) is 0. The molecule has 0 aliphatic heterocycles. The summed E-state index contributed by atoms with van der Waals surface area (Å²) >= 11 is 0. The van der Waals surface area contributed by atoms with Gasteiger partial charge in [-0.3, -0.25) is 4.99 Å². The highest BCUT2D eigenvalue weighted by Crippen LogP contribution is 2.18. The van der Waals surface area contributed by atoms with Gasteiger partial charge in [0.1, 0.15) is 0 Å². The summed E-state index contributed by atoms with van der Waals surface area (Å²) in [5.41, 5.74) is 0. The third-order valence-corrected chi connectivity index (χ3v) is 1.75. The molecule has 0 fully saturated rings. The van der Waals surface area contributed by atoms with E-state index < -0.39 is 12.6 Å². The Hall–Kier alpha value is -0.250. The summed E-state index contributed by atoms with van der Waals surface area (Å²) in [6.07, 6.45) is -5.07. The highest BCUT2D eigenvalue weighted by molar-refractivity contribution is 14.0. The van der Waals surface area contributed by atoms with Crippen LogP contribution in [0.3, 0.4) is 0 Å². The average Bonchev–Trinajstić information content (AvgIpc) is 2.22. The first-order chi connectivity index (χ1) is 7.99. The molecule has 0 aliphatic rings. The second-order valence-corrected chi connectivity index (χ2v) is 3.25. The average molecular weight is 383 g/mol. The lowest BCUT2D eigenvalue weighted by atomic mass is 10.4. The quantitative estimate of drug-likeness (QED) is 0.307. The predicted octanol–water partition coefficient (Wildman–Crippen LogP) is 2.15. The van der Waals surface area contributed by atoms with Crippen molar-refractivity contribution in [2.75, 3.05) is 32.8 Å². The molecule has 0 saturated carbocycles. The number of guanidine groups is 1. The lowest BCUT2D eigenvalue weighted by Crippen LogP contribution is -2.39. The van der Waals surface area contributed by atoms with Crippen molar-refractivity contribution in [2.24, 2.45) is 4.99 Å². The smallest absolute Gasteiger partial charge is 0.380 e. The van der Waals surface area contributed by atoms with Crippen LogP contribution < -0.4 is 10.6 Å². The van der Waals surface area contributed by atoms with Crippen LogP contribution in [0, 0.1) is 0 Å². The number of hydrogen-bond donors (Lipinski definition) is 2. The van der Waals surface area contributed by atoms with E-state index in [2.05, 4.69) is 15.6 Å². The van der Waals surface area contributed by atoms with Crippen LogP contribution in [-0.4, -0.2) is 45.0 Å². The molecule has 0 unspecified atom stereocenters. The summed E-state index contributed by atoms with van der Waals surface area (Å²) in [4.78, 5) is 3.82. The highest BCUT2D eigenvalue weighted by atomic mass is 127. The van der Waals surface area contributed by atoms with Crippen LogP contribution in [0.4, 0.5) is 13.2 Å². The molecule has 0 aromatic rings. The van der Waals surface area contributed by atoms with E-state index in [1.165, 1.54) is 0 Å². The molecule has 0 aromatic carbocycles. The molecule has 0 aliphatic carbocycles. The fourth-order valence-electron chi connectivity index (χ4n) is 1.02. The maximum Gasteiger partial charge on any atom is 0.390 e. The van der Waals surface area contributed by atoms with Gasteiger partial charge in [-0.25, -0.2) is 0 Å². The van der Waals surface area contributed by atoms with Gasteiger partial charge in [0.25, 0.3) is 0 Å². The molecule has 2 N–H and O–H groups in total. The second-order valence-electron chi connectivity index (χ2n) is 3.25. The Morgan fingerprint density at radius 1 is 1.22 bits per heavy atom. The molecular weight excluding hydrogens is 362 g/mol. The Kier molecular flexibility index (Phi) is 13.2. The summed E-state index contributed by atoms with van der Waals surface area (Å²) < 4.78 is 40.8. The van der Waals surface area contributed by atoms with Gasteiger partial charge in [0.05, 0.1) is 19.6 Å². The number of rotatable bonds is 7. The second kappa shape index (κ2) is 11.8. The van der Waals surface area contributed by atoms with Crippen molar-refractivity contribution in [1.29, 1.82) is 0 Å². The van der Waals surface area contributed by atoms with E-state index in [1.54, 1.807) is 0 Å². The first-order valence-electron chi connectivity index (χ1n) is 5.66. The lowest BCUT2D eigenvalue weighted by molar-refractivity contribution is -0.132. The van der Waals surface area contributed by atoms with Crippen molar-refractivity contribution in [3.05, 3.63) is 0 Å². The van der Waals surface area contributed by atoms with Crippen LogP contribution in [0.1, 0.15) is 20.3 Å². The zero-order chi connectivity index (χ0) is 13.1. The molecule has 0 amide bonds. The fourth-order valence-corrected chi connectivity index (χ4v) is 1.02. The Labute approximate surface area is 123 Å². The van der Waals surface area contributed by atoms with Gasteiger partial charge in [-0.05, 0) is 13.8 Å². The fraction of sp³-hybridized carbons (Fsp3) is 0.900. The molecule has 0 radical (unpaired) electrons. The minimum Gasteiger partial charge on any atom is -0.380 e. The third-order valence-electron chi connectivity index (χ3n) is 1.75. The Balaban J connectivity index is 0. The van der Waals surface area contributed by atoms with Gasteiger partial charge in [-0.2, -0.15) is 13.2 Å². The SMILES string of the molecule is CCNC(=NCCC(F)(F)F)NCCOCC.I. The van der Waals surface area contributed by atoms with Gasteiger partial charge >= 0.3 is 6.18 Å². The molecule has 4 nitrogen and oxygen atoms in total. The van der Waals surface area contributed by atoms with Crippen molar-refractivity contribution in [3.63, 3.8) is 0 Å². The zero-order valence-electron chi connectivity index (χ0n) is 10.6. The van der Waals surface area contributed by atoms with Crippen LogP contribution in [0.2, 0.25) is 0 Å². The monoisotopic (exact) mass is 383 g/mol.